The monoisotopic (exact) mass is 391 g/mol. The summed E-state index contributed by atoms with van der Waals surface area (Å²) in [4.78, 5) is 0. The van der Waals surface area contributed by atoms with E-state index in [1.165, 1.54) is 63.0 Å². The van der Waals surface area contributed by atoms with Gasteiger partial charge < -0.3 is 0 Å². The third-order valence-corrected chi connectivity index (χ3v) is 8.08. The van der Waals surface area contributed by atoms with E-state index in [1.54, 1.807) is 6.07 Å². The lowest BCUT2D eigenvalue weighted by Gasteiger charge is -2.38. The molecule has 2 aliphatic carbocycles. The highest BCUT2D eigenvalue weighted by molar-refractivity contribution is 6.08. The minimum atomic E-state index is -0.120. The van der Waals surface area contributed by atoms with Gasteiger partial charge in [0.2, 0.25) is 0 Å². The quantitative estimate of drug-likeness (QED) is 0.474. The van der Waals surface area contributed by atoms with Crippen LogP contribution in [0.1, 0.15) is 68.4 Å². The van der Waals surface area contributed by atoms with Gasteiger partial charge in [0, 0.05) is 10.2 Å². The van der Waals surface area contributed by atoms with Gasteiger partial charge in [-0.2, -0.15) is 0 Å². The van der Waals surface area contributed by atoms with Crippen molar-refractivity contribution in [1.82, 2.24) is 0 Å². The van der Waals surface area contributed by atoms with Crippen molar-refractivity contribution in [2.24, 2.45) is 17.8 Å². The minimum Gasteiger partial charge on any atom is -0.207 e. The molecule has 0 unspecified atom stereocenters. The summed E-state index contributed by atoms with van der Waals surface area (Å²) in [5.74, 6) is 3.45. The zero-order valence-corrected chi connectivity index (χ0v) is 18.1. The van der Waals surface area contributed by atoms with Crippen LogP contribution in [0.25, 0.3) is 11.1 Å². The van der Waals surface area contributed by atoms with Crippen LogP contribution in [0.15, 0.2) is 42.5 Å². The standard InChI is InChI=1S/C26H32FSi/c1-18-2-5-25(16-26(18)27)24-14-12-23(13-15-24)22-10-8-21(9-11-22)20-6-3-19(17-28)4-7-20/h2,5,12-16,19-22H,3-4,6-11,17H2,1H3. The van der Waals surface area contributed by atoms with Gasteiger partial charge in [-0.1, -0.05) is 55.3 Å². The topological polar surface area (TPSA) is 0 Å². The third-order valence-electron chi connectivity index (χ3n) is 7.51. The molecule has 0 nitrogen and oxygen atoms in total. The van der Waals surface area contributed by atoms with Gasteiger partial charge in [-0.05, 0) is 97.4 Å². The fraction of sp³-hybridized carbons (Fsp3) is 0.538. The number of hydrogen-bond donors (Lipinski definition) is 0. The molecule has 0 aliphatic heterocycles. The Morgan fingerprint density at radius 2 is 1.36 bits per heavy atom. The van der Waals surface area contributed by atoms with Crippen molar-refractivity contribution in [1.29, 1.82) is 0 Å². The molecule has 147 valence electrons. The molecule has 0 spiro atoms. The predicted molar refractivity (Wildman–Crippen MR) is 117 cm³/mol. The van der Waals surface area contributed by atoms with E-state index in [4.69, 9.17) is 0 Å². The molecule has 0 bridgehead atoms. The van der Waals surface area contributed by atoms with Gasteiger partial charge in [0.05, 0.1) is 0 Å². The van der Waals surface area contributed by atoms with Gasteiger partial charge in [0.1, 0.15) is 5.82 Å². The SMILES string of the molecule is Cc1ccc(-c2ccc(C3CCC(C4CCC(C[Si])CC4)CC3)cc2)cc1F. The van der Waals surface area contributed by atoms with Crippen LogP contribution in [-0.2, 0) is 0 Å². The second-order valence-electron chi connectivity index (χ2n) is 9.18. The zero-order chi connectivity index (χ0) is 19.5. The van der Waals surface area contributed by atoms with Crippen LogP contribution in [0.3, 0.4) is 0 Å². The second kappa shape index (κ2) is 8.94. The largest absolute Gasteiger partial charge is 0.207 e. The fourth-order valence-corrected chi connectivity index (χ4v) is 5.92. The van der Waals surface area contributed by atoms with E-state index in [0.717, 1.165) is 28.9 Å². The first-order valence-electron chi connectivity index (χ1n) is 11.1. The van der Waals surface area contributed by atoms with Gasteiger partial charge in [0.25, 0.3) is 0 Å². The molecule has 0 heterocycles. The van der Waals surface area contributed by atoms with Gasteiger partial charge in [0.15, 0.2) is 0 Å². The molecule has 2 fully saturated rings. The second-order valence-corrected chi connectivity index (χ2v) is 9.59. The Labute approximate surface area is 173 Å². The molecule has 0 saturated heterocycles. The summed E-state index contributed by atoms with van der Waals surface area (Å²) in [6.07, 6.45) is 11.2. The van der Waals surface area contributed by atoms with Crippen molar-refractivity contribution in [2.75, 3.05) is 0 Å². The minimum absolute atomic E-state index is 0.120. The summed E-state index contributed by atoms with van der Waals surface area (Å²) in [5, 5.41) is 0. The smallest absolute Gasteiger partial charge is 0.126 e. The molecule has 3 radical (unpaired) electrons. The molecule has 2 aromatic carbocycles. The molecule has 0 atom stereocenters. The third kappa shape index (κ3) is 4.43. The molecular weight excluding hydrogens is 359 g/mol. The van der Waals surface area contributed by atoms with Crippen molar-refractivity contribution in [3.05, 3.63) is 59.4 Å². The Hall–Kier alpha value is -1.41. The molecule has 0 N–H and O–H groups in total. The number of aryl methyl sites for hydroxylation is 1. The summed E-state index contributed by atoms with van der Waals surface area (Å²) < 4.78 is 13.9. The Kier molecular flexibility index (Phi) is 6.35. The zero-order valence-electron chi connectivity index (χ0n) is 17.1. The van der Waals surface area contributed by atoms with Crippen LogP contribution in [0.4, 0.5) is 4.39 Å². The highest BCUT2D eigenvalue weighted by Gasteiger charge is 2.30. The van der Waals surface area contributed by atoms with Crippen molar-refractivity contribution in [3.8, 4) is 11.1 Å². The number of benzene rings is 2. The van der Waals surface area contributed by atoms with E-state index < -0.39 is 0 Å². The highest BCUT2D eigenvalue weighted by atomic mass is 28.1. The molecule has 2 aromatic rings. The van der Waals surface area contributed by atoms with Gasteiger partial charge in [-0.25, -0.2) is 4.39 Å². The summed E-state index contributed by atoms with van der Waals surface area (Å²) in [6.45, 7) is 1.81. The fourth-order valence-electron chi connectivity index (χ4n) is 5.51. The molecule has 4 rings (SSSR count). The van der Waals surface area contributed by atoms with E-state index >= 15 is 0 Å². The van der Waals surface area contributed by atoms with Gasteiger partial charge in [-0.3, -0.25) is 0 Å². The van der Waals surface area contributed by atoms with E-state index in [2.05, 4.69) is 34.5 Å². The lowest BCUT2D eigenvalue weighted by atomic mass is 9.68. The maximum Gasteiger partial charge on any atom is 0.126 e. The average molecular weight is 392 g/mol. The van der Waals surface area contributed by atoms with Crippen molar-refractivity contribution in [2.45, 2.75) is 70.3 Å². The van der Waals surface area contributed by atoms with Crippen molar-refractivity contribution in [3.63, 3.8) is 0 Å². The van der Waals surface area contributed by atoms with E-state index in [0.29, 0.717) is 11.5 Å². The summed E-state index contributed by atoms with van der Waals surface area (Å²) in [7, 11) is 3.72. The molecular formula is C26H32FSi. The van der Waals surface area contributed by atoms with Crippen LogP contribution in [0.2, 0.25) is 6.04 Å². The Balaban J connectivity index is 1.34. The highest BCUT2D eigenvalue weighted by Crippen LogP contribution is 2.44. The maximum absolute atomic E-state index is 13.9. The predicted octanol–water partition coefficient (Wildman–Crippen LogP) is 7.47. The average Bonchev–Trinajstić information content (AvgIpc) is 2.76. The first-order chi connectivity index (χ1) is 13.6. The van der Waals surface area contributed by atoms with Crippen LogP contribution in [0.5, 0.6) is 0 Å². The molecule has 0 amide bonds. The lowest BCUT2D eigenvalue weighted by Crippen LogP contribution is -2.25. The van der Waals surface area contributed by atoms with Crippen LogP contribution < -0.4 is 0 Å². The normalized spacial score (nSPS) is 28.2. The van der Waals surface area contributed by atoms with Crippen molar-refractivity contribution < 1.29 is 4.39 Å². The molecule has 2 heteroatoms. The first-order valence-corrected chi connectivity index (χ1v) is 11.9. The van der Waals surface area contributed by atoms with Gasteiger partial charge >= 0.3 is 0 Å². The van der Waals surface area contributed by atoms with Crippen LogP contribution >= 0.6 is 0 Å². The van der Waals surface area contributed by atoms with E-state index in [9.17, 15) is 4.39 Å². The Morgan fingerprint density at radius 1 is 0.786 bits per heavy atom. The summed E-state index contributed by atoms with van der Waals surface area (Å²) in [5.41, 5.74) is 4.26. The lowest BCUT2D eigenvalue weighted by molar-refractivity contribution is 0.165. The summed E-state index contributed by atoms with van der Waals surface area (Å²) in [6, 6.07) is 15.6. The molecule has 2 aliphatic rings. The number of hydrogen-bond acceptors (Lipinski definition) is 0. The van der Waals surface area contributed by atoms with Crippen molar-refractivity contribution >= 4 is 10.2 Å². The summed E-state index contributed by atoms with van der Waals surface area (Å²) >= 11 is 0. The van der Waals surface area contributed by atoms with Crippen LogP contribution in [0, 0.1) is 30.5 Å². The first kappa shape index (κ1) is 19.9. The van der Waals surface area contributed by atoms with Crippen LogP contribution in [-0.4, -0.2) is 10.2 Å². The van der Waals surface area contributed by atoms with Gasteiger partial charge in [-0.15, -0.1) is 0 Å². The maximum atomic E-state index is 13.9. The van der Waals surface area contributed by atoms with E-state index in [-0.39, 0.29) is 5.82 Å². The number of rotatable bonds is 4. The Morgan fingerprint density at radius 3 is 1.93 bits per heavy atom. The van der Waals surface area contributed by atoms with E-state index in [1.807, 2.05) is 19.1 Å². The number of halogens is 1. The Bertz CT molecular complexity index is 766. The molecule has 2 saturated carbocycles. The molecule has 0 aromatic heterocycles. The molecule has 28 heavy (non-hydrogen) atoms.